The first-order valence-corrected chi connectivity index (χ1v) is 5.39. The smallest absolute Gasteiger partial charge is 0.276 e. The Morgan fingerprint density at radius 3 is 3.00 bits per heavy atom. The standard InChI is InChI=1S/C9H6ClN3OS/c10-6-1-2-11-8(3-6)13-9(14)7-4-15-5-12-7/h1-5H,(H,11,13,14). The predicted octanol–water partition coefficient (Wildman–Crippen LogP) is 2.44. The molecular weight excluding hydrogens is 234 g/mol. The van der Waals surface area contributed by atoms with E-state index in [9.17, 15) is 4.79 Å². The molecule has 0 aromatic carbocycles. The number of nitrogens with one attached hydrogen (secondary N) is 1. The summed E-state index contributed by atoms with van der Waals surface area (Å²) in [5, 5.41) is 4.79. The summed E-state index contributed by atoms with van der Waals surface area (Å²) < 4.78 is 0. The van der Waals surface area contributed by atoms with Gasteiger partial charge in [0.25, 0.3) is 5.91 Å². The van der Waals surface area contributed by atoms with Crippen LogP contribution in [0.4, 0.5) is 5.82 Å². The summed E-state index contributed by atoms with van der Waals surface area (Å²) in [6, 6.07) is 3.21. The van der Waals surface area contributed by atoms with E-state index in [1.54, 1.807) is 23.0 Å². The Hall–Kier alpha value is -1.46. The van der Waals surface area contributed by atoms with Crippen molar-refractivity contribution in [3.05, 3.63) is 39.9 Å². The maximum atomic E-state index is 11.5. The minimum Gasteiger partial charge on any atom is -0.305 e. The van der Waals surface area contributed by atoms with E-state index in [1.165, 1.54) is 17.5 Å². The van der Waals surface area contributed by atoms with Crippen molar-refractivity contribution in [1.82, 2.24) is 9.97 Å². The summed E-state index contributed by atoms with van der Waals surface area (Å²) in [4.78, 5) is 19.4. The molecule has 4 nitrogen and oxygen atoms in total. The molecule has 0 spiro atoms. The van der Waals surface area contributed by atoms with Gasteiger partial charge in [-0.2, -0.15) is 0 Å². The van der Waals surface area contributed by atoms with Crippen molar-refractivity contribution in [3.8, 4) is 0 Å². The van der Waals surface area contributed by atoms with Gasteiger partial charge in [0, 0.05) is 16.6 Å². The van der Waals surface area contributed by atoms with Gasteiger partial charge in [-0.15, -0.1) is 11.3 Å². The van der Waals surface area contributed by atoms with E-state index in [0.29, 0.717) is 16.5 Å². The fraction of sp³-hybridized carbons (Fsp3) is 0. The highest BCUT2D eigenvalue weighted by atomic mass is 35.5. The van der Waals surface area contributed by atoms with E-state index < -0.39 is 0 Å². The van der Waals surface area contributed by atoms with Gasteiger partial charge in [-0.05, 0) is 12.1 Å². The molecule has 1 amide bonds. The van der Waals surface area contributed by atoms with Crippen LogP contribution in [0.15, 0.2) is 29.2 Å². The molecule has 1 N–H and O–H groups in total. The van der Waals surface area contributed by atoms with E-state index in [2.05, 4.69) is 15.3 Å². The number of anilines is 1. The molecule has 2 aromatic rings. The number of hydrogen-bond donors (Lipinski definition) is 1. The molecule has 2 rings (SSSR count). The molecule has 0 bridgehead atoms. The second-order valence-corrected chi connectivity index (χ2v) is 3.84. The zero-order valence-electron chi connectivity index (χ0n) is 7.48. The molecule has 0 atom stereocenters. The first-order chi connectivity index (χ1) is 7.25. The number of thiazole rings is 1. The van der Waals surface area contributed by atoms with Crippen LogP contribution in [-0.4, -0.2) is 15.9 Å². The Kier molecular flexibility index (Phi) is 2.94. The topological polar surface area (TPSA) is 54.9 Å². The maximum absolute atomic E-state index is 11.5. The summed E-state index contributed by atoms with van der Waals surface area (Å²) >= 11 is 7.11. The third kappa shape index (κ3) is 2.51. The van der Waals surface area contributed by atoms with Crippen LogP contribution in [0, 0.1) is 0 Å². The van der Waals surface area contributed by atoms with Crippen LogP contribution in [0.25, 0.3) is 0 Å². The zero-order chi connectivity index (χ0) is 10.7. The van der Waals surface area contributed by atoms with Crippen LogP contribution in [0.2, 0.25) is 5.02 Å². The highest BCUT2D eigenvalue weighted by Gasteiger charge is 2.08. The molecule has 6 heteroatoms. The van der Waals surface area contributed by atoms with Gasteiger partial charge in [0.1, 0.15) is 11.5 Å². The van der Waals surface area contributed by atoms with Crippen molar-refractivity contribution in [2.75, 3.05) is 5.32 Å². The van der Waals surface area contributed by atoms with E-state index >= 15 is 0 Å². The van der Waals surface area contributed by atoms with E-state index in [-0.39, 0.29) is 5.91 Å². The molecule has 0 fully saturated rings. The van der Waals surface area contributed by atoms with Gasteiger partial charge in [0.15, 0.2) is 0 Å². The number of aromatic nitrogens is 2. The lowest BCUT2D eigenvalue weighted by atomic mass is 10.4. The summed E-state index contributed by atoms with van der Waals surface area (Å²) in [6.45, 7) is 0. The summed E-state index contributed by atoms with van der Waals surface area (Å²) in [5.41, 5.74) is 1.97. The van der Waals surface area contributed by atoms with Gasteiger partial charge in [-0.1, -0.05) is 11.6 Å². The van der Waals surface area contributed by atoms with Gasteiger partial charge < -0.3 is 5.32 Å². The van der Waals surface area contributed by atoms with Crippen molar-refractivity contribution in [3.63, 3.8) is 0 Å². The lowest BCUT2D eigenvalue weighted by Gasteiger charge is -2.01. The number of rotatable bonds is 2. The maximum Gasteiger partial charge on any atom is 0.276 e. The molecule has 76 valence electrons. The first-order valence-electron chi connectivity index (χ1n) is 4.07. The largest absolute Gasteiger partial charge is 0.305 e. The Balaban J connectivity index is 2.13. The third-order valence-electron chi connectivity index (χ3n) is 1.63. The Morgan fingerprint density at radius 1 is 1.47 bits per heavy atom. The van der Waals surface area contributed by atoms with Crippen LogP contribution in [0.1, 0.15) is 10.5 Å². The first kappa shape index (κ1) is 10.1. The molecule has 0 saturated carbocycles. The summed E-state index contributed by atoms with van der Waals surface area (Å²) in [5.74, 6) is 0.131. The normalized spacial score (nSPS) is 9.93. The highest BCUT2D eigenvalue weighted by Crippen LogP contribution is 2.12. The van der Waals surface area contributed by atoms with Gasteiger partial charge in [-0.3, -0.25) is 4.79 Å². The molecule has 15 heavy (non-hydrogen) atoms. The van der Waals surface area contributed by atoms with Crippen LogP contribution in [0.5, 0.6) is 0 Å². The van der Waals surface area contributed by atoms with Crippen LogP contribution < -0.4 is 5.32 Å². The molecule has 0 aliphatic rings. The molecule has 2 heterocycles. The quantitative estimate of drug-likeness (QED) is 0.876. The number of carbonyl (C=O) groups excluding carboxylic acids is 1. The monoisotopic (exact) mass is 239 g/mol. The Bertz CT molecular complexity index is 472. The predicted molar refractivity (Wildman–Crippen MR) is 59.3 cm³/mol. The number of nitrogens with zero attached hydrogens (tertiary/aromatic N) is 2. The second-order valence-electron chi connectivity index (χ2n) is 2.69. The Morgan fingerprint density at radius 2 is 2.33 bits per heavy atom. The van der Waals surface area contributed by atoms with Crippen molar-refractivity contribution in [1.29, 1.82) is 0 Å². The molecule has 0 aliphatic carbocycles. The van der Waals surface area contributed by atoms with Crippen LogP contribution in [-0.2, 0) is 0 Å². The molecule has 0 unspecified atom stereocenters. The molecule has 0 aliphatic heterocycles. The number of carbonyl (C=O) groups is 1. The fourth-order valence-electron chi connectivity index (χ4n) is 0.978. The van der Waals surface area contributed by atoms with Crippen molar-refractivity contribution >= 4 is 34.7 Å². The summed E-state index contributed by atoms with van der Waals surface area (Å²) in [7, 11) is 0. The zero-order valence-corrected chi connectivity index (χ0v) is 9.05. The molecule has 0 radical (unpaired) electrons. The molecular formula is C9H6ClN3OS. The number of halogens is 1. The van der Waals surface area contributed by atoms with Gasteiger partial charge in [-0.25, -0.2) is 9.97 Å². The SMILES string of the molecule is O=C(Nc1cc(Cl)ccn1)c1cscn1. The number of pyridine rings is 1. The number of amides is 1. The van der Waals surface area contributed by atoms with Crippen molar-refractivity contribution in [2.45, 2.75) is 0 Å². The number of hydrogen-bond acceptors (Lipinski definition) is 4. The second kappa shape index (κ2) is 4.37. The average molecular weight is 240 g/mol. The van der Waals surface area contributed by atoms with E-state index in [4.69, 9.17) is 11.6 Å². The minimum absolute atomic E-state index is 0.286. The van der Waals surface area contributed by atoms with Crippen molar-refractivity contribution < 1.29 is 4.79 Å². The fourth-order valence-corrected chi connectivity index (χ4v) is 1.67. The lowest BCUT2D eigenvalue weighted by molar-refractivity contribution is 0.102. The Labute approximate surface area is 94.9 Å². The lowest BCUT2D eigenvalue weighted by Crippen LogP contribution is -2.12. The van der Waals surface area contributed by atoms with Gasteiger partial charge >= 0.3 is 0 Å². The van der Waals surface area contributed by atoms with Gasteiger partial charge in [0.2, 0.25) is 0 Å². The summed E-state index contributed by atoms with van der Waals surface area (Å²) in [6.07, 6.45) is 1.53. The van der Waals surface area contributed by atoms with Crippen LogP contribution in [0.3, 0.4) is 0 Å². The van der Waals surface area contributed by atoms with E-state index in [1.807, 2.05) is 0 Å². The highest BCUT2D eigenvalue weighted by molar-refractivity contribution is 7.07. The average Bonchev–Trinajstić information content (AvgIpc) is 2.70. The third-order valence-corrected chi connectivity index (χ3v) is 2.45. The van der Waals surface area contributed by atoms with Crippen LogP contribution >= 0.6 is 22.9 Å². The van der Waals surface area contributed by atoms with Crippen molar-refractivity contribution in [2.24, 2.45) is 0 Å². The van der Waals surface area contributed by atoms with Gasteiger partial charge in [0.05, 0.1) is 5.51 Å². The van der Waals surface area contributed by atoms with E-state index in [0.717, 1.165) is 0 Å². The molecule has 0 saturated heterocycles. The minimum atomic E-state index is -0.286. The molecule has 2 aromatic heterocycles.